The normalized spacial score (nSPS) is 23.8. The van der Waals surface area contributed by atoms with Crippen LogP contribution in [0.5, 0.6) is 0 Å². The van der Waals surface area contributed by atoms with Crippen molar-refractivity contribution in [3.63, 3.8) is 0 Å². The fourth-order valence-electron chi connectivity index (χ4n) is 4.33. The number of nitrogens with zero attached hydrogens (tertiary/aromatic N) is 2. The quantitative estimate of drug-likeness (QED) is 0.708. The molecule has 2 aliphatic heterocycles. The van der Waals surface area contributed by atoms with E-state index < -0.39 is 0 Å². The summed E-state index contributed by atoms with van der Waals surface area (Å²) in [4.78, 5) is 29.3. The first-order valence-electron chi connectivity index (χ1n) is 11.2. The van der Waals surface area contributed by atoms with Crippen LogP contribution in [0.15, 0.2) is 30.3 Å². The van der Waals surface area contributed by atoms with Crippen molar-refractivity contribution in [2.24, 2.45) is 5.92 Å². The monoisotopic (exact) mass is 412 g/mol. The second-order valence-electron chi connectivity index (χ2n) is 9.81. The van der Waals surface area contributed by atoms with E-state index in [-0.39, 0.29) is 35.4 Å². The fourth-order valence-corrected chi connectivity index (χ4v) is 4.33. The van der Waals surface area contributed by atoms with Gasteiger partial charge in [-0.2, -0.15) is 0 Å². The van der Waals surface area contributed by atoms with Gasteiger partial charge in [0, 0.05) is 38.2 Å². The van der Waals surface area contributed by atoms with Gasteiger partial charge < -0.3 is 14.5 Å². The van der Waals surface area contributed by atoms with E-state index in [2.05, 4.69) is 45.0 Å². The van der Waals surface area contributed by atoms with Crippen LogP contribution in [0, 0.1) is 5.92 Å². The lowest BCUT2D eigenvalue weighted by atomic mass is 9.87. The zero-order valence-electron chi connectivity index (χ0n) is 19.1. The predicted molar refractivity (Wildman–Crippen MR) is 120 cm³/mol. The van der Waals surface area contributed by atoms with Gasteiger partial charge >= 0.3 is 0 Å². The summed E-state index contributed by atoms with van der Waals surface area (Å²) in [5.41, 5.74) is 2.43. The molecule has 2 saturated heterocycles. The van der Waals surface area contributed by atoms with E-state index in [1.165, 1.54) is 5.56 Å². The van der Waals surface area contributed by atoms with Gasteiger partial charge in [0.05, 0.1) is 12.2 Å². The molecule has 3 rings (SSSR count). The molecule has 2 atom stereocenters. The fraction of sp³-hybridized carbons (Fsp3) is 0.600. The highest BCUT2D eigenvalue weighted by atomic mass is 16.5. The molecule has 0 spiro atoms. The topological polar surface area (TPSA) is 49.9 Å². The molecule has 30 heavy (non-hydrogen) atoms. The van der Waals surface area contributed by atoms with Crippen LogP contribution >= 0.6 is 0 Å². The highest BCUT2D eigenvalue weighted by Gasteiger charge is 2.33. The van der Waals surface area contributed by atoms with E-state index in [4.69, 9.17) is 4.74 Å². The maximum atomic E-state index is 12.9. The smallest absolute Gasteiger partial charge is 0.246 e. The number of carbonyl (C=O) groups excluding carboxylic acids is 2. The second-order valence-corrected chi connectivity index (χ2v) is 9.81. The molecule has 0 N–H and O–H groups in total. The Balaban J connectivity index is 1.50. The van der Waals surface area contributed by atoms with Gasteiger partial charge in [0.1, 0.15) is 0 Å². The lowest BCUT2D eigenvalue weighted by molar-refractivity contribution is -0.149. The van der Waals surface area contributed by atoms with Crippen LogP contribution in [-0.4, -0.2) is 60.0 Å². The van der Waals surface area contributed by atoms with Gasteiger partial charge in [0.25, 0.3) is 0 Å². The van der Waals surface area contributed by atoms with Crippen molar-refractivity contribution >= 4 is 17.9 Å². The number of rotatable bonds is 3. The van der Waals surface area contributed by atoms with Gasteiger partial charge in [-0.25, -0.2) is 0 Å². The molecule has 5 nitrogen and oxygen atoms in total. The molecule has 164 valence electrons. The zero-order chi connectivity index (χ0) is 21.9. The molecule has 0 bridgehead atoms. The largest absolute Gasteiger partial charge is 0.372 e. The number of benzene rings is 1. The lowest BCUT2D eigenvalue weighted by Crippen LogP contribution is -2.51. The minimum atomic E-state index is 0.0143. The first-order chi connectivity index (χ1) is 14.1. The molecule has 0 aromatic heterocycles. The second kappa shape index (κ2) is 9.34. The van der Waals surface area contributed by atoms with Crippen LogP contribution < -0.4 is 0 Å². The maximum Gasteiger partial charge on any atom is 0.246 e. The van der Waals surface area contributed by atoms with Crippen molar-refractivity contribution in [3.8, 4) is 0 Å². The minimum Gasteiger partial charge on any atom is -0.372 e. The number of morpholine rings is 1. The summed E-state index contributed by atoms with van der Waals surface area (Å²) >= 11 is 0. The van der Waals surface area contributed by atoms with Gasteiger partial charge in [0.15, 0.2) is 0 Å². The number of hydrogen-bond donors (Lipinski definition) is 0. The molecule has 0 saturated carbocycles. The maximum absolute atomic E-state index is 12.9. The van der Waals surface area contributed by atoms with E-state index in [1.807, 2.05) is 29.7 Å². The van der Waals surface area contributed by atoms with Crippen molar-refractivity contribution in [3.05, 3.63) is 41.5 Å². The van der Waals surface area contributed by atoms with Gasteiger partial charge in [0.2, 0.25) is 11.8 Å². The van der Waals surface area contributed by atoms with E-state index in [9.17, 15) is 9.59 Å². The van der Waals surface area contributed by atoms with E-state index in [1.54, 1.807) is 6.08 Å². The van der Waals surface area contributed by atoms with Crippen molar-refractivity contribution < 1.29 is 14.3 Å². The molecule has 2 fully saturated rings. The third kappa shape index (κ3) is 5.72. The summed E-state index contributed by atoms with van der Waals surface area (Å²) in [6.45, 7) is 13.2. The SMILES string of the molecule is CC1CN(C(=O)C2CCN(C(=O)C=Cc3ccc(C(C)(C)C)cc3)CC2)CC(C)O1. The van der Waals surface area contributed by atoms with E-state index >= 15 is 0 Å². The Bertz CT molecular complexity index is 761. The first-order valence-corrected chi connectivity index (χ1v) is 11.2. The first kappa shape index (κ1) is 22.5. The van der Waals surface area contributed by atoms with Crippen molar-refractivity contribution in [2.45, 2.75) is 65.1 Å². The molecule has 2 heterocycles. The molecule has 2 amide bonds. The highest BCUT2D eigenvalue weighted by molar-refractivity contribution is 5.92. The molecule has 0 aliphatic carbocycles. The summed E-state index contributed by atoms with van der Waals surface area (Å²) in [5.74, 6) is 0.258. The van der Waals surface area contributed by atoms with Crippen LogP contribution in [0.25, 0.3) is 6.08 Å². The average Bonchev–Trinajstić information content (AvgIpc) is 2.70. The molecule has 1 aromatic carbocycles. The number of ether oxygens (including phenoxy) is 1. The van der Waals surface area contributed by atoms with E-state index in [0.717, 1.165) is 18.4 Å². The number of amides is 2. The molecule has 2 aliphatic rings. The minimum absolute atomic E-state index is 0.0143. The van der Waals surface area contributed by atoms with Gasteiger partial charge in [-0.15, -0.1) is 0 Å². The highest BCUT2D eigenvalue weighted by Crippen LogP contribution is 2.24. The third-order valence-electron chi connectivity index (χ3n) is 6.08. The number of likely N-dealkylation sites (tertiary alicyclic amines) is 1. The average molecular weight is 413 g/mol. The lowest BCUT2D eigenvalue weighted by Gasteiger charge is -2.39. The molecule has 1 aromatic rings. The Kier molecular flexibility index (Phi) is 7.02. The van der Waals surface area contributed by atoms with Crippen LogP contribution in [0.2, 0.25) is 0 Å². The van der Waals surface area contributed by atoms with Crippen molar-refractivity contribution in [1.29, 1.82) is 0 Å². The third-order valence-corrected chi connectivity index (χ3v) is 6.08. The summed E-state index contributed by atoms with van der Waals surface area (Å²) in [6.07, 6.45) is 5.17. The standard InChI is InChI=1S/C25H36N2O3/c1-18-16-27(17-19(2)30-18)24(29)21-12-14-26(15-13-21)23(28)11-8-20-6-9-22(10-7-20)25(3,4)5/h6-11,18-19,21H,12-17H2,1-5H3. The molecule has 5 heteroatoms. The zero-order valence-corrected chi connectivity index (χ0v) is 19.1. The van der Waals surface area contributed by atoms with Gasteiger partial charge in [-0.3, -0.25) is 9.59 Å². The Labute approximate surface area is 181 Å². The van der Waals surface area contributed by atoms with Gasteiger partial charge in [-0.05, 0) is 49.3 Å². The summed E-state index contributed by atoms with van der Waals surface area (Å²) in [6, 6.07) is 8.35. The van der Waals surface area contributed by atoms with Crippen molar-refractivity contribution in [2.75, 3.05) is 26.2 Å². The molecule has 0 radical (unpaired) electrons. The summed E-state index contributed by atoms with van der Waals surface area (Å²) in [5, 5.41) is 0. The Morgan fingerprint density at radius 2 is 1.53 bits per heavy atom. The van der Waals surface area contributed by atoms with Crippen LogP contribution in [-0.2, 0) is 19.7 Å². The van der Waals surface area contributed by atoms with Crippen molar-refractivity contribution in [1.82, 2.24) is 9.80 Å². The number of carbonyl (C=O) groups is 2. The number of piperidine rings is 1. The Hall–Kier alpha value is -2.14. The van der Waals surface area contributed by atoms with Crippen LogP contribution in [0.4, 0.5) is 0 Å². The molecular weight excluding hydrogens is 376 g/mol. The molecule has 2 unspecified atom stereocenters. The summed E-state index contributed by atoms with van der Waals surface area (Å²) in [7, 11) is 0. The predicted octanol–water partition coefficient (Wildman–Crippen LogP) is 3.87. The Morgan fingerprint density at radius 1 is 0.967 bits per heavy atom. The van der Waals surface area contributed by atoms with E-state index in [0.29, 0.717) is 26.2 Å². The molecular formula is C25H36N2O3. The van der Waals surface area contributed by atoms with Gasteiger partial charge in [-0.1, -0.05) is 45.0 Å². The number of hydrogen-bond acceptors (Lipinski definition) is 3. The van der Waals surface area contributed by atoms with Crippen LogP contribution in [0.1, 0.15) is 58.6 Å². The van der Waals surface area contributed by atoms with Crippen LogP contribution in [0.3, 0.4) is 0 Å². The summed E-state index contributed by atoms with van der Waals surface area (Å²) < 4.78 is 5.73. The Morgan fingerprint density at radius 3 is 2.07 bits per heavy atom.